The zero-order chi connectivity index (χ0) is 13.4. The second kappa shape index (κ2) is 7.58. The average molecular weight is 244 g/mol. The third-order valence-electron chi connectivity index (χ3n) is 2.65. The fourth-order valence-corrected chi connectivity index (χ4v) is 1.94. The van der Waals surface area contributed by atoms with E-state index in [1.807, 2.05) is 12.3 Å². The zero-order valence-corrected chi connectivity index (χ0v) is 11.0. The molecule has 1 aliphatic rings. The molecule has 3 heteroatoms. The quantitative estimate of drug-likeness (QED) is 0.656. The van der Waals surface area contributed by atoms with Crippen LogP contribution < -0.4 is 5.73 Å². The third kappa shape index (κ3) is 3.15. The van der Waals surface area contributed by atoms with Gasteiger partial charge < -0.3 is 10.5 Å². The first-order valence-corrected chi connectivity index (χ1v) is 5.88. The molecule has 0 atom stereocenters. The Morgan fingerprint density at radius 3 is 2.83 bits per heavy atom. The van der Waals surface area contributed by atoms with Crippen molar-refractivity contribution in [3.05, 3.63) is 53.6 Å². The van der Waals surface area contributed by atoms with Crippen LogP contribution in [0.2, 0.25) is 0 Å². The molecule has 3 nitrogen and oxygen atoms in total. The van der Waals surface area contributed by atoms with E-state index in [4.69, 9.17) is 4.74 Å². The van der Waals surface area contributed by atoms with Gasteiger partial charge in [0.2, 0.25) is 0 Å². The van der Waals surface area contributed by atoms with E-state index in [9.17, 15) is 0 Å². The summed E-state index contributed by atoms with van der Waals surface area (Å²) in [6.45, 7) is 5.14. The SMILES string of the molecule is C=C/C=C(\C=NC)c1cccc2c1COC2.CN. The monoisotopic (exact) mass is 244 g/mol. The van der Waals surface area contributed by atoms with E-state index in [0.717, 1.165) is 5.57 Å². The van der Waals surface area contributed by atoms with Crippen LogP contribution in [-0.2, 0) is 18.0 Å². The minimum atomic E-state index is 0.692. The van der Waals surface area contributed by atoms with Gasteiger partial charge in [0, 0.05) is 13.3 Å². The van der Waals surface area contributed by atoms with Gasteiger partial charge in [-0.2, -0.15) is 0 Å². The highest BCUT2D eigenvalue weighted by molar-refractivity contribution is 6.10. The number of rotatable bonds is 3. The number of hydrogen-bond donors (Lipinski definition) is 1. The molecule has 1 aliphatic heterocycles. The second-order valence-electron chi connectivity index (χ2n) is 3.68. The lowest BCUT2D eigenvalue weighted by Gasteiger charge is -2.07. The van der Waals surface area contributed by atoms with E-state index in [1.54, 1.807) is 13.1 Å². The Kier molecular flexibility index (Phi) is 6.05. The Balaban J connectivity index is 0.000000771. The lowest BCUT2D eigenvalue weighted by molar-refractivity contribution is 0.134. The first kappa shape index (κ1) is 14.4. The summed E-state index contributed by atoms with van der Waals surface area (Å²) in [6.07, 6.45) is 5.61. The van der Waals surface area contributed by atoms with Gasteiger partial charge in [-0.05, 0) is 29.3 Å². The normalized spacial score (nSPS) is 14.1. The Morgan fingerprint density at radius 2 is 2.17 bits per heavy atom. The topological polar surface area (TPSA) is 47.6 Å². The van der Waals surface area contributed by atoms with Crippen LogP contribution in [0.1, 0.15) is 16.7 Å². The smallest absolute Gasteiger partial charge is 0.0731 e. The molecule has 0 aromatic heterocycles. The minimum absolute atomic E-state index is 0.692. The number of nitrogens with two attached hydrogens (primary N) is 1. The van der Waals surface area contributed by atoms with Crippen molar-refractivity contribution in [1.82, 2.24) is 0 Å². The van der Waals surface area contributed by atoms with Crippen LogP contribution in [-0.4, -0.2) is 20.3 Å². The molecule has 2 rings (SSSR count). The summed E-state index contributed by atoms with van der Waals surface area (Å²) >= 11 is 0. The molecule has 2 N–H and O–H groups in total. The van der Waals surface area contributed by atoms with E-state index in [1.165, 1.54) is 23.7 Å². The maximum absolute atomic E-state index is 5.46. The number of ether oxygens (including phenoxy) is 1. The standard InChI is InChI=1S/C14H15NO.CH5N/c1-3-5-11(8-15-2)13-7-4-6-12-9-16-10-14(12)13;1-2/h3-8H,1,9-10H2,2H3;2H2,1H3/b11-5+,15-8?;. The van der Waals surface area contributed by atoms with Crippen molar-refractivity contribution < 1.29 is 4.74 Å². The number of fused-ring (bicyclic) bond motifs is 1. The summed E-state index contributed by atoms with van der Waals surface area (Å²) in [5.74, 6) is 0. The molecule has 0 aliphatic carbocycles. The molecular formula is C15H20N2O. The molecule has 1 aromatic rings. The molecule has 96 valence electrons. The predicted octanol–water partition coefficient (Wildman–Crippen LogP) is 2.56. The van der Waals surface area contributed by atoms with Crippen LogP contribution in [0.25, 0.3) is 5.57 Å². The molecule has 18 heavy (non-hydrogen) atoms. The molecule has 0 radical (unpaired) electrons. The maximum atomic E-state index is 5.46. The van der Waals surface area contributed by atoms with Crippen LogP contribution in [0.15, 0.2) is 41.9 Å². The second-order valence-corrected chi connectivity index (χ2v) is 3.68. The number of nitrogens with zero attached hydrogens (tertiary/aromatic N) is 1. The molecule has 0 saturated heterocycles. The first-order valence-electron chi connectivity index (χ1n) is 5.88. The Bertz CT molecular complexity index is 462. The lowest BCUT2D eigenvalue weighted by Crippen LogP contribution is -1.94. The summed E-state index contributed by atoms with van der Waals surface area (Å²) in [7, 11) is 3.27. The molecule has 0 saturated carbocycles. The Labute approximate surface area is 109 Å². The van der Waals surface area contributed by atoms with Gasteiger partial charge >= 0.3 is 0 Å². The maximum Gasteiger partial charge on any atom is 0.0731 e. The van der Waals surface area contributed by atoms with E-state index in [-0.39, 0.29) is 0 Å². The van der Waals surface area contributed by atoms with Crippen molar-refractivity contribution in [2.24, 2.45) is 10.7 Å². The van der Waals surface area contributed by atoms with E-state index in [0.29, 0.717) is 13.2 Å². The minimum Gasteiger partial charge on any atom is -0.372 e. The highest BCUT2D eigenvalue weighted by atomic mass is 16.5. The van der Waals surface area contributed by atoms with Crippen molar-refractivity contribution in [1.29, 1.82) is 0 Å². The number of aliphatic imine (C=N–C) groups is 1. The summed E-state index contributed by atoms with van der Waals surface area (Å²) < 4.78 is 5.46. The molecule has 1 aromatic carbocycles. The number of benzene rings is 1. The summed E-state index contributed by atoms with van der Waals surface area (Å²) in [5.41, 5.74) is 9.33. The van der Waals surface area contributed by atoms with E-state index in [2.05, 4.69) is 35.5 Å². The predicted molar refractivity (Wildman–Crippen MR) is 77.6 cm³/mol. The third-order valence-corrected chi connectivity index (χ3v) is 2.65. The van der Waals surface area contributed by atoms with Gasteiger partial charge in [0.15, 0.2) is 0 Å². The van der Waals surface area contributed by atoms with Crippen LogP contribution in [0.4, 0.5) is 0 Å². The Morgan fingerprint density at radius 1 is 1.39 bits per heavy atom. The van der Waals surface area contributed by atoms with Crippen LogP contribution in [0.3, 0.4) is 0 Å². The number of allylic oxidation sites excluding steroid dienone is 3. The van der Waals surface area contributed by atoms with Gasteiger partial charge in [0.25, 0.3) is 0 Å². The zero-order valence-electron chi connectivity index (χ0n) is 11.0. The summed E-state index contributed by atoms with van der Waals surface area (Å²) in [6, 6.07) is 6.27. The van der Waals surface area contributed by atoms with Crippen molar-refractivity contribution in [2.75, 3.05) is 14.1 Å². The van der Waals surface area contributed by atoms with Gasteiger partial charge in [0.1, 0.15) is 0 Å². The molecule has 1 heterocycles. The molecular weight excluding hydrogens is 224 g/mol. The van der Waals surface area contributed by atoms with Crippen molar-refractivity contribution in [3.63, 3.8) is 0 Å². The van der Waals surface area contributed by atoms with E-state index < -0.39 is 0 Å². The number of hydrogen-bond acceptors (Lipinski definition) is 3. The largest absolute Gasteiger partial charge is 0.372 e. The molecule has 0 fully saturated rings. The fourth-order valence-electron chi connectivity index (χ4n) is 1.94. The lowest BCUT2D eigenvalue weighted by atomic mass is 9.97. The van der Waals surface area contributed by atoms with E-state index >= 15 is 0 Å². The van der Waals surface area contributed by atoms with Gasteiger partial charge in [-0.1, -0.05) is 36.9 Å². The highest BCUT2D eigenvalue weighted by Crippen LogP contribution is 2.27. The molecule has 0 amide bonds. The van der Waals surface area contributed by atoms with Gasteiger partial charge in [-0.25, -0.2) is 0 Å². The van der Waals surface area contributed by atoms with Crippen molar-refractivity contribution in [2.45, 2.75) is 13.2 Å². The van der Waals surface area contributed by atoms with Gasteiger partial charge in [-0.15, -0.1) is 0 Å². The highest BCUT2D eigenvalue weighted by Gasteiger charge is 2.15. The van der Waals surface area contributed by atoms with Gasteiger partial charge in [0.05, 0.1) is 13.2 Å². The fraction of sp³-hybridized carbons (Fsp3) is 0.267. The summed E-state index contributed by atoms with van der Waals surface area (Å²) in [4.78, 5) is 4.07. The first-order chi connectivity index (χ1) is 8.86. The molecule has 0 spiro atoms. The molecule has 0 bridgehead atoms. The molecule has 0 unspecified atom stereocenters. The van der Waals surface area contributed by atoms with Crippen LogP contribution in [0.5, 0.6) is 0 Å². The summed E-state index contributed by atoms with van der Waals surface area (Å²) in [5, 5.41) is 0. The van der Waals surface area contributed by atoms with Gasteiger partial charge in [-0.3, -0.25) is 4.99 Å². The average Bonchev–Trinajstić information content (AvgIpc) is 2.89. The van der Waals surface area contributed by atoms with Crippen molar-refractivity contribution in [3.8, 4) is 0 Å². The van der Waals surface area contributed by atoms with Crippen molar-refractivity contribution >= 4 is 11.8 Å². The Hall–Kier alpha value is -1.71. The van der Waals surface area contributed by atoms with Crippen LogP contribution >= 0.6 is 0 Å². The van der Waals surface area contributed by atoms with Crippen LogP contribution in [0, 0.1) is 0 Å².